The molecular formula is C17H28N4O2. The molecule has 2 aliphatic heterocycles. The van der Waals surface area contributed by atoms with Crippen molar-refractivity contribution in [2.75, 3.05) is 39.9 Å². The molecule has 1 atom stereocenters. The number of aryl methyl sites for hydroxylation is 2. The molecule has 0 aliphatic carbocycles. The number of nitrogens with zero attached hydrogens (tertiary/aromatic N) is 4. The molecule has 3 heterocycles. The van der Waals surface area contributed by atoms with Crippen molar-refractivity contribution in [1.82, 2.24) is 19.6 Å². The molecule has 128 valence electrons. The molecule has 3 rings (SSSR count). The van der Waals surface area contributed by atoms with E-state index in [1.54, 1.807) is 4.68 Å². The standard InChI is InChI=1S/C17H28N4O2/c1-13-10-16(18-20(13)3)17(22)21(11-14-6-9-23-12-14)15-4-7-19(2)8-5-15/h10,14-15H,4-9,11-12H2,1-3H3. The topological polar surface area (TPSA) is 50.6 Å². The van der Waals surface area contributed by atoms with E-state index in [4.69, 9.17) is 4.74 Å². The minimum atomic E-state index is 0.0788. The van der Waals surface area contributed by atoms with E-state index >= 15 is 0 Å². The molecule has 1 aromatic heterocycles. The Kier molecular flexibility index (Phi) is 5.02. The third-order valence-corrected chi connectivity index (χ3v) is 5.20. The molecule has 2 saturated heterocycles. The second-order valence-electron chi connectivity index (χ2n) is 7.02. The number of carbonyl (C=O) groups excluding carboxylic acids is 1. The van der Waals surface area contributed by atoms with Gasteiger partial charge in [-0.15, -0.1) is 0 Å². The molecule has 2 fully saturated rings. The van der Waals surface area contributed by atoms with E-state index in [1.807, 2.05) is 20.0 Å². The second-order valence-corrected chi connectivity index (χ2v) is 7.02. The van der Waals surface area contributed by atoms with Crippen LogP contribution in [-0.4, -0.2) is 71.4 Å². The highest BCUT2D eigenvalue weighted by Gasteiger charge is 2.31. The van der Waals surface area contributed by atoms with Gasteiger partial charge >= 0.3 is 0 Å². The highest BCUT2D eigenvalue weighted by atomic mass is 16.5. The molecule has 23 heavy (non-hydrogen) atoms. The van der Waals surface area contributed by atoms with Crippen LogP contribution in [0.15, 0.2) is 6.07 Å². The van der Waals surface area contributed by atoms with Crippen molar-refractivity contribution in [1.29, 1.82) is 0 Å². The third-order valence-electron chi connectivity index (χ3n) is 5.20. The van der Waals surface area contributed by atoms with Crippen LogP contribution in [0, 0.1) is 12.8 Å². The minimum absolute atomic E-state index is 0.0788. The van der Waals surface area contributed by atoms with E-state index in [0.29, 0.717) is 17.7 Å². The first-order valence-electron chi connectivity index (χ1n) is 8.62. The number of hydrogen-bond donors (Lipinski definition) is 0. The van der Waals surface area contributed by atoms with Gasteiger partial charge in [-0.25, -0.2) is 0 Å². The van der Waals surface area contributed by atoms with Crippen LogP contribution in [0.3, 0.4) is 0 Å². The number of amides is 1. The molecule has 0 radical (unpaired) electrons. The number of ether oxygens (including phenoxy) is 1. The molecule has 0 saturated carbocycles. The zero-order valence-electron chi connectivity index (χ0n) is 14.5. The van der Waals surface area contributed by atoms with Gasteiger partial charge in [-0.3, -0.25) is 9.48 Å². The Labute approximate surface area is 138 Å². The van der Waals surface area contributed by atoms with E-state index in [9.17, 15) is 4.79 Å². The summed E-state index contributed by atoms with van der Waals surface area (Å²) < 4.78 is 7.28. The highest BCUT2D eigenvalue weighted by molar-refractivity contribution is 5.92. The van der Waals surface area contributed by atoms with E-state index in [0.717, 1.165) is 57.8 Å². The van der Waals surface area contributed by atoms with Gasteiger partial charge in [0.1, 0.15) is 0 Å². The molecule has 0 N–H and O–H groups in total. The number of likely N-dealkylation sites (tertiary alicyclic amines) is 1. The molecule has 0 aromatic carbocycles. The summed E-state index contributed by atoms with van der Waals surface area (Å²) in [7, 11) is 4.03. The molecule has 6 nitrogen and oxygen atoms in total. The number of rotatable bonds is 4. The first-order valence-corrected chi connectivity index (χ1v) is 8.62. The third kappa shape index (κ3) is 3.75. The molecular weight excluding hydrogens is 292 g/mol. The van der Waals surface area contributed by atoms with Crippen molar-refractivity contribution in [3.8, 4) is 0 Å². The van der Waals surface area contributed by atoms with Crippen LogP contribution in [0.25, 0.3) is 0 Å². The van der Waals surface area contributed by atoms with E-state index in [-0.39, 0.29) is 5.91 Å². The largest absolute Gasteiger partial charge is 0.381 e. The molecule has 6 heteroatoms. The summed E-state index contributed by atoms with van der Waals surface area (Å²) in [6, 6.07) is 2.22. The summed E-state index contributed by atoms with van der Waals surface area (Å²) in [4.78, 5) is 17.5. The van der Waals surface area contributed by atoms with Crippen molar-refractivity contribution >= 4 is 5.91 Å². The molecule has 0 bridgehead atoms. The van der Waals surface area contributed by atoms with Gasteiger partial charge in [-0.2, -0.15) is 5.10 Å². The summed E-state index contributed by atoms with van der Waals surface area (Å²) in [6.07, 6.45) is 3.14. The van der Waals surface area contributed by atoms with Crippen LogP contribution < -0.4 is 0 Å². The van der Waals surface area contributed by atoms with Crippen LogP contribution in [-0.2, 0) is 11.8 Å². The Bertz CT molecular complexity index is 523. The maximum Gasteiger partial charge on any atom is 0.274 e. The Morgan fingerprint density at radius 3 is 2.65 bits per heavy atom. The van der Waals surface area contributed by atoms with Gasteiger partial charge in [0.25, 0.3) is 5.91 Å². The average molecular weight is 320 g/mol. The van der Waals surface area contributed by atoms with Crippen LogP contribution in [0.4, 0.5) is 0 Å². The molecule has 0 spiro atoms. The fourth-order valence-corrected chi connectivity index (χ4v) is 3.52. The van der Waals surface area contributed by atoms with Crippen LogP contribution in [0.2, 0.25) is 0 Å². The van der Waals surface area contributed by atoms with Gasteiger partial charge in [0.05, 0.1) is 6.61 Å². The molecule has 2 aliphatic rings. The lowest BCUT2D eigenvalue weighted by Crippen LogP contribution is -2.48. The number of hydrogen-bond acceptors (Lipinski definition) is 4. The predicted octanol–water partition coefficient (Wildman–Crippen LogP) is 1.30. The summed E-state index contributed by atoms with van der Waals surface area (Å²) in [6.45, 7) is 6.48. The molecule has 1 amide bonds. The summed E-state index contributed by atoms with van der Waals surface area (Å²) in [5, 5.41) is 4.40. The van der Waals surface area contributed by atoms with Crippen molar-refractivity contribution < 1.29 is 9.53 Å². The van der Waals surface area contributed by atoms with Crippen LogP contribution in [0.5, 0.6) is 0 Å². The SMILES string of the molecule is Cc1cc(C(=O)N(CC2CCOC2)C2CCN(C)CC2)nn1C. The lowest BCUT2D eigenvalue weighted by molar-refractivity contribution is 0.0530. The normalized spacial score (nSPS) is 23.3. The Morgan fingerprint density at radius 2 is 2.09 bits per heavy atom. The van der Waals surface area contributed by atoms with E-state index < -0.39 is 0 Å². The average Bonchev–Trinajstić information content (AvgIpc) is 3.16. The van der Waals surface area contributed by atoms with Gasteiger partial charge in [-0.05, 0) is 52.4 Å². The fraction of sp³-hybridized carbons (Fsp3) is 0.765. The van der Waals surface area contributed by atoms with Crippen LogP contribution >= 0.6 is 0 Å². The van der Waals surface area contributed by atoms with Crippen molar-refractivity contribution in [2.45, 2.75) is 32.2 Å². The monoisotopic (exact) mass is 320 g/mol. The number of carbonyl (C=O) groups is 1. The Morgan fingerprint density at radius 1 is 1.35 bits per heavy atom. The van der Waals surface area contributed by atoms with Crippen molar-refractivity contribution in [3.05, 3.63) is 17.5 Å². The van der Waals surface area contributed by atoms with E-state index in [2.05, 4.69) is 21.9 Å². The number of aromatic nitrogens is 2. The lowest BCUT2D eigenvalue weighted by atomic mass is 10.00. The zero-order chi connectivity index (χ0) is 16.4. The lowest BCUT2D eigenvalue weighted by Gasteiger charge is -2.38. The zero-order valence-corrected chi connectivity index (χ0v) is 14.5. The van der Waals surface area contributed by atoms with Gasteiger partial charge in [0.2, 0.25) is 0 Å². The van der Waals surface area contributed by atoms with Crippen molar-refractivity contribution in [3.63, 3.8) is 0 Å². The summed E-state index contributed by atoms with van der Waals surface area (Å²) in [5.74, 6) is 0.540. The fourth-order valence-electron chi connectivity index (χ4n) is 3.52. The Balaban J connectivity index is 1.76. The predicted molar refractivity (Wildman–Crippen MR) is 88.4 cm³/mol. The second kappa shape index (κ2) is 7.01. The Hall–Kier alpha value is -1.40. The summed E-state index contributed by atoms with van der Waals surface area (Å²) in [5.41, 5.74) is 1.59. The maximum absolute atomic E-state index is 13.1. The van der Waals surface area contributed by atoms with Crippen molar-refractivity contribution in [2.24, 2.45) is 13.0 Å². The van der Waals surface area contributed by atoms with Gasteiger partial charge in [0, 0.05) is 37.9 Å². The smallest absolute Gasteiger partial charge is 0.274 e. The molecule has 1 aromatic rings. The first kappa shape index (κ1) is 16.5. The maximum atomic E-state index is 13.1. The van der Waals surface area contributed by atoms with E-state index in [1.165, 1.54) is 0 Å². The van der Waals surface area contributed by atoms with Gasteiger partial charge in [0.15, 0.2) is 5.69 Å². The summed E-state index contributed by atoms with van der Waals surface area (Å²) >= 11 is 0. The van der Waals surface area contributed by atoms with Gasteiger partial charge in [-0.1, -0.05) is 0 Å². The first-order chi connectivity index (χ1) is 11.0. The molecule has 1 unspecified atom stereocenters. The van der Waals surface area contributed by atoms with Crippen LogP contribution in [0.1, 0.15) is 35.4 Å². The van der Waals surface area contributed by atoms with Gasteiger partial charge < -0.3 is 14.5 Å². The highest BCUT2D eigenvalue weighted by Crippen LogP contribution is 2.22. The number of piperidine rings is 1. The minimum Gasteiger partial charge on any atom is -0.381 e. The quantitative estimate of drug-likeness (QED) is 0.839.